The van der Waals surface area contributed by atoms with Gasteiger partial charge in [-0.15, -0.1) is 5.10 Å². The summed E-state index contributed by atoms with van der Waals surface area (Å²) >= 11 is 0. The molecule has 3 heterocycles. The van der Waals surface area contributed by atoms with Crippen molar-refractivity contribution < 1.29 is 14.7 Å². The van der Waals surface area contributed by atoms with E-state index in [2.05, 4.69) is 34.4 Å². The Morgan fingerprint density at radius 2 is 2.06 bits per heavy atom. The molecule has 2 saturated heterocycles. The SMILES string of the molecule is CNC(=O)[C@H]1CC(O)CN1C(=O)C(n1cc(CCN2CCCC(C)(C)C2)nn1)C(C)(C)C. The molecule has 1 aromatic rings. The van der Waals surface area contributed by atoms with Gasteiger partial charge in [0, 0.05) is 45.7 Å². The van der Waals surface area contributed by atoms with Crippen molar-refractivity contribution in [3.05, 3.63) is 11.9 Å². The average Bonchev–Trinajstić information content (AvgIpc) is 3.30. The lowest BCUT2D eigenvalue weighted by atomic mass is 9.84. The molecular weight excluding hydrogens is 408 g/mol. The number of likely N-dealkylation sites (tertiary alicyclic amines) is 2. The molecule has 1 aromatic heterocycles. The Kier molecular flexibility index (Phi) is 7.29. The van der Waals surface area contributed by atoms with Crippen LogP contribution in [0.15, 0.2) is 6.20 Å². The van der Waals surface area contributed by atoms with Gasteiger partial charge in [0.1, 0.15) is 12.1 Å². The molecule has 9 nitrogen and oxygen atoms in total. The van der Waals surface area contributed by atoms with Crippen molar-refractivity contribution in [2.24, 2.45) is 10.8 Å². The van der Waals surface area contributed by atoms with Crippen LogP contribution < -0.4 is 5.32 Å². The summed E-state index contributed by atoms with van der Waals surface area (Å²) in [5.74, 6) is -0.469. The zero-order valence-electron chi connectivity index (χ0n) is 20.5. The van der Waals surface area contributed by atoms with E-state index in [4.69, 9.17) is 0 Å². The number of hydrogen-bond donors (Lipinski definition) is 2. The first kappa shape index (κ1) is 24.6. The Balaban J connectivity index is 1.74. The lowest BCUT2D eigenvalue weighted by Crippen LogP contribution is -2.49. The Morgan fingerprint density at radius 3 is 2.69 bits per heavy atom. The van der Waals surface area contributed by atoms with Gasteiger partial charge in [0.2, 0.25) is 11.8 Å². The molecular formula is C23H40N6O3. The second-order valence-electron chi connectivity index (χ2n) is 11.3. The molecule has 9 heteroatoms. The number of nitrogens with one attached hydrogen (secondary N) is 1. The number of carbonyl (C=O) groups excluding carboxylic acids is 2. The van der Waals surface area contributed by atoms with Gasteiger partial charge >= 0.3 is 0 Å². The van der Waals surface area contributed by atoms with Crippen LogP contribution in [-0.4, -0.2) is 87.1 Å². The third-order valence-electron chi connectivity index (χ3n) is 6.65. The molecule has 3 rings (SSSR count). The number of piperidine rings is 1. The molecule has 0 radical (unpaired) electrons. The van der Waals surface area contributed by atoms with Gasteiger partial charge in [0.25, 0.3) is 0 Å². The maximum Gasteiger partial charge on any atom is 0.248 e. The van der Waals surface area contributed by atoms with Crippen LogP contribution in [0.1, 0.15) is 65.6 Å². The molecule has 0 aromatic carbocycles. The minimum atomic E-state index is -0.707. The number of likely N-dealkylation sites (N-methyl/N-ethyl adjacent to an activating group) is 1. The fraction of sp³-hybridized carbons (Fsp3) is 0.826. The fourth-order valence-corrected chi connectivity index (χ4v) is 5.07. The maximum atomic E-state index is 13.6. The standard InChI is InChI=1S/C23H40N6O3/c1-22(2,3)19(21(32)28-14-17(30)12-18(28)20(31)24-6)29-13-16(25-26-29)8-11-27-10-7-9-23(4,5)15-27/h13,17-19,30H,7-12,14-15H2,1-6H3,(H,24,31)/t17?,18-,19?/m1/s1. The van der Waals surface area contributed by atoms with Crippen molar-refractivity contribution in [3.63, 3.8) is 0 Å². The summed E-state index contributed by atoms with van der Waals surface area (Å²) in [7, 11) is 1.55. The lowest BCUT2D eigenvalue weighted by molar-refractivity contribution is -0.144. The Labute approximate surface area is 191 Å². The van der Waals surface area contributed by atoms with E-state index in [1.807, 2.05) is 27.0 Å². The van der Waals surface area contributed by atoms with E-state index >= 15 is 0 Å². The first-order valence-corrected chi connectivity index (χ1v) is 11.7. The van der Waals surface area contributed by atoms with Crippen LogP contribution in [0.2, 0.25) is 0 Å². The highest BCUT2D eigenvalue weighted by atomic mass is 16.3. The number of amides is 2. The van der Waals surface area contributed by atoms with Gasteiger partial charge in [0.05, 0.1) is 11.8 Å². The number of nitrogens with zero attached hydrogens (tertiary/aromatic N) is 5. The van der Waals surface area contributed by atoms with E-state index in [-0.39, 0.29) is 24.8 Å². The first-order chi connectivity index (χ1) is 14.9. The summed E-state index contributed by atoms with van der Waals surface area (Å²) in [5, 5.41) is 21.4. The predicted molar refractivity (Wildman–Crippen MR) is 122 cm³/mol. The molecule has 0 aliphatic carbocycles. The van der Waals surface area contributed by atoms with Gasteiger partial charge < -0.3 is 20.2 Å². The van der Waals surface area contributed by atoms with Crippen molar-refractivity contribution in [3.8, 4) is 0 Å². The van der Waals surface area contributed by atoms with Crippen LogP contribution in [0, 0.1) is 10.8 Å². The molecule has 3 atom stereocenters. The van der Waals surface area contributed by atoms with Crippen LogP contribution in [0.3, 0.4) is 0 Å². The maximum absolute atomic E-state index is 13.6. The molecule has 32 heavy (non-hydrogen) atoms. The van der Waals surface area contributed by atoms with E-state index in [0.29, 0.717) is 5.41 Å². The summed E-state index contributed by atoms with van der Waals surface area (Å²) in [5.41, 5.74) is 0.765. The summed E-state index contributed by atoms with van der Waals surface area (Å²) in [6.45, 7) is 13.8. The van der Waals surface area contributed by atoms with E-state index < -0.39 is 23.6 Å². The minimum Gasteiger partial charge on any atom is -0.391 e. The van der Waals surface area contributed by atoms with Crippen molar-refractivity contribution in [1.29, 1.82) is 0 Å². The second-order valence-corrected chi connectivity index (χ2v) is 11.3. The summed E-state index contributed by atoms with van der Waals surface area (Å²) in [6.07, 6.45) is 4.67. The van der Waals surface area contributed by atoms with E-state index in [1.54, 1.807) is 11.7 Å². The highest BCUT2D eigenvalue weighted by Gasteiger charge is 2.45. The van der Waals surface area contributed by atoms with E-state index in [0.717, 1.165) is 31.7 Å². The molecule has 0 spiro atoms. The highest BCUT2D eigenvalue weighted by molar-refractivity contribution is 5.90. The predicted octanol–water partition coefficient (Wildman–Crippen LogP) is 1.24. The quantitative estimate of drug-likeness (QED) is 0.679. The van der Waals surface area contributed by atoms with Crippen LogP contribution >= 0.6 is 0 Å². The van der Waals surface area contributed by atoms with Gasteiger partial charge in [-0.25, -0.2) is 4.68 Å². The molecule has 0 bridgehead atoms. The van der Waals surface area contributed by atoms with Crippen molar-refractivity contribution in [1.82, 2.24) is 30.1 Å². The smallest absolute Gasteiger partial charge is 0.248 e. The monoisotopic (exact) mass is 448 g/mol. The van der Waals surface area contributed by atoms with Crippen molar-refractivity contribution >= 4 is 11.8 Å². The molecule has 2 aliphatic heterocycles. The zero-order valence-corrected chi connectivity index (χ0v) is 20.5. The van der Waals surface area contributed by atoms with Gasteiger partial charge in [-0.2, -0.15) is 0 Å². The first-order valence-electron chi connectivity index (χ1n) is 11.7. The number of hydrogen-bond acceptors (Lipinski definition) is 6. The van der Waals surface area contributed by atoms with Gasteiger partial charge in [-0.3, -0.25) is 9.59 Å². The third-order valence-corrected chi connectivity index (χ3v) is 6.65. The second kappa shape index (κ2) is 9.47. The topological polar surface area (TPSA) is 104 Å². The van der Waals surface area contributed by atoms with Crippen LogP contribution in [-0.2, 0) is 16.0 Å². The normalized spacial score (nSPS) is 25.0. The molecule has 2 aliphatic rings. The number of rotatable bonds is 6. The largest absolute Gasteiger partial charge is 0.391 e. The summed E-state index contributed by atoms with van der Waals surface area (Å²) < 4.78 is 1.64. The number of carbonyl (C=O) groups is 2. The van der Waals surface area contributed by atoms with E-state index in [9.17, 15) is 14.7 Å². The summed E-state index contributed by atoms with van der Waals surface area (Å²) in [6, 6.07) is -1.28. The van der Waals surface area contributed by atoms with Crippen LogP contribution in [0.25, 0.3) is 0 Å². The van der Waals surface area contributed by atoms with Crippen molar-refractivity contribution in [2.45, 2.75) is 78.5 Å². The van der Waals surface area contributed by atoms with Gasteiger partial charge in [0.15, 0.2) is 0 Å². The molecule has 2 N–H and O–H groups in total. The lowest BCUT2D eigenvalue weighted by Gasteiger charge is -2.37. The van der Waals surface area contributed by atoms with Crippen LogP contribution in [0.5, 0.6) is 0 Å². The number of aromatic nitrogens is 3. The fourth-order valence-electron chi connectivity index (χ4n) is 5.07. The zero-order chi connectivity index (χ0) is 23.7. The van der Waals surface area contributed by atoms with Gasteiger partial charge in [-0.05, 0) is 30.2 Å². The Bertz CT molecular complexity index is 815. The molecule has 180 valence electrons. The molecule has 0 saturated carbocycles. The van der Waals surface area contributed by atoms with E-state index in [1.165, 1.54) is 17.7 Å². The average molecular weight is 449 g/mol. The molecule has 2 fully saturated rings. The highest BCUT2D eigenvalue weighted by Crippen LogP contribution is 2.34. The Hall–Kier alpha value is -2.00. The summed E-state index contributed by atoms with van der Waals surface area (Å²) in [4.78, 5) is 29.9. The van der Waals surface area contributed by atoms with Crippen molar-refractivity contribution in [2.75, 3.05) is 33.2 Å². The molecule has 2 amide bonds. The van der Waals surface area contributed by atoms with Gasteiger partial charge in [-0.1, -0.05) is 39.8 Å². The number of β-amino-alcohol motifs (C(OH)–C–C–N with tert-alkyl or cyclic N) is 1. The minimum absolute atomic E-state index is 0.149. The third kappa shape index (κ3) is 5.67. The number of aliphatic hydroxyl groups excluding tert-OH is 1. The Morgan fingerprint density at radius 1 is 1.34 bits per heavy atom. The van der Waals surface area contributed by atoms with Crippen LogP contribution in [0.4, 0.5) is 0 Å². The number of aliphatic hydroxyl groups is 1. The molecule has 2 unspecified atom stereocenters.